The summed E-state index contributed by atoms with van der Waals surface area (Å²) in [6.07, 6.45) is 1.05. The summed E-state index contributed by atoms with van der Waals surface area (Å²) >= 11 is 0. The molecule has 0 saturated carbocycles. The van der Waals surface area contributed by atoms with Crippen LogP contribution in [-0.4, -0.2) is 9.55 Å². The Morgan fingerprint density at radius 1 is 1.19 bits per heavy atom. The topological polar surface area (TPSA) is 43.8 Å². The Hall–Kier alpha value is -1.77. The van der Waals surface area contributed by atoms with Crippen LogP contribution in [0.25, 0.3) is 11.3 Å². The lowest BCUT2D eigenvalue weighted by Crippen LogP contribution is -2.19. The number of nitrogens with two attached hydrogens (primary N) is 1. The summed E-state index contributed by atoms with van der Waals surface area (Å²) in [4.78, 5) is 4.90. The Bertz CT molecular complexity index is 645. The van der Waals surface area contributed by atoms with Gasteiger partial charge in [-0.3, -0.25) is 0 Å². The number of rotatable bonds is 3. The van der Waals surface area contributed by atoms with Gasteiger partial charge in [-0.2, -0.15) is 0 Å². The molecule has 2 rings (SSSR count). The average Bonchev–Trinajstić information content (AvgIpc) is 2.68. The van der Waals surface area contributed by atoms with E-state index >= 15 is 0 Å². The summed E-state index contributed by atoms with van der Waals surface area (Å²) in [6, 6.07) is 6.44. The smallest absolute Gasteiger partial charge is 0.131 e. The van der Waals surface area contributed by atoms with Crippen molar-refractivity contribution < 1.29 is 0 Å². The fraction of sp³-hybridized carbons (Fsp3) is 0.500. The van der Waals surface area contributed by atoms with E-state index in [4.69, 9.17) is 10.7 Å². The number of aryl methyl sites for hydroxylation is 2. The highest BCUT2D eigenvalue weighted by atomic mass is 15.1. The number of anilines is 1. The van der Waals surface area contributed by atoms with Crippen LogP contribution in [0.1, 0.15) is 51.1 Å². The zero-order valence-electron chi connectivity index (χ0n) is 14.1. The fourth-order valence-corrected chi connectivity index (χ4v) is 2.77. The molecule has 3 nitrogen and oxygen atoms in total. The van der Waals surface area contributed by atoms with Crippen molar-refractivity contribution in [3.8, 4) is 11.3 Å². The molecule has 0 saturated heterocycles. The summed E-state index contributed by atoms with van der Waals surface area (Å²) in [7, 11) is 0. The normalized spacial score (nSPS) is 11.9. The summed E-state index contributed by atoms with van der Waals surface area (Å²) in [5.41, 5.74) is 11.0. The Morgan fingerprint density at radius 2 is 1.86 bits per heavy atom. The third kappa shape index (κ3) is 2.97. The summed E-state index contributed by atoms with van der Waals surface area (Å²) in [5.74, 6) is 1.85. The quantitative estimate of drug-likeness (QED) is 0.905. The van der Waals surface area contributed by atoms with E-state index in [9.17, 15) is 0 Å². The van der Waals surface area contributed by atoms with Crippen LogP contribution in [0.5, 0.6) is 0 Å². The zero-order valence-corrected chi connectivity index (χ0v) is 14.1. The van der Waals surface area contributed by atoms with Crippen LogP contribution in [0, 0.1) is 13.8 Å². The lowest BCUT2D eigenvalue weighted by atomic mass is 9.95. The molecule has 1 aromatic carbocycles. The molecule has 0 aliphatic heterocycles. The van der Waals surface area contributed by atoms with Gasteiger partial charge < -0.3 is 10.3 Å². The van der Waals surface area contributed by atoms with Crippen LogP contribution in [0.15, 0.2) is 18.2 Å². The Labute approximate surface area is 128 Å². The van der Waals surface area contributed by atoms with Gasteiger partial charge in [-0.25, -0.2) is 4.98 Å². The maximum Gasteiger partial charge on any atom is 0.131 e. The van der Waals surface area contributed by atoms with Crippen molar-refractivity contribution in [3.63, 3.8) is 0 Å². The number of imidazole rings is 1. The van der Waals surface area contributed by atoms with E-state index in [1.807, 2.05) is 0 Å². The minimum absolute atomic E-state index is 0.0137. The van der Waals surface area contributed by atoms with Crippen LogP contribution in [0.2, 0.25) is 0 Å². The second-order valence-electron chi connectivity index (χ2n) is 6.89. The molecule has 0 fully saturated rings. The molecule has 0 radical (unpaired) electrons. The van der Waals surface area contributed by atoms with Gasteiger partial charge in [0.15, 0.2) is 0 Å². The molecule has 3 heteroatoms. The molecule has 0 aliphatic rings. The van der Waals surface area contributed by atoms with Crippen LogP contribution in [-0.2, 0) is 12.0 Å². The minimum atomic E-state index is -0.0137. The molecular weight excluding hydrogens is 258 g/mol. The van der Waals surface area contributed by atoms with E-state index in [2.05, 4.69) is 64.3 Å². The van der Waals surface area contributed by atoms with Gasteiger partial charge in [-0.1, -0.05) is 51.5 Å². The first kappa shape index (κ1) is 15.6. The highest BCUT2D eigenvalue weighted by Gasteiger charge is 2.25. The van der Waals surface area contributed by atoms with Crippen molar-refractivity contribution in [2.24, 2.45) is 0 Å². The van der Waals surface area contributed by atoms with E-state index in [1.165, 1.54) is 11.1 Å². The molecule has 1 aromatic heterocycles. The molecule has 0 amide bonds. The summed E-state index contributed by atoms with van der Waals surface area (Å²) in [6.45, 7) is 13.9. The highest BCUT2D eigenvalue weighted by Crippen LogP contribution is 2.33. The van der Waals surface area contributed by atoms with E-state index < -0.39 is 0 Å². The van der Waals surface area contributed by atoms with Crippen molar-refractivity contribution in [1.29, 1.82) is 0 Å². The Kier molecular flexibility index (Phi) is 4.13. The predicted octanol–water partition coefficient (Wildman–Crippen LogP) is 4.46. The van der Waals surface area contributed by atoms with Crippen LogP contribution < -0.4 is 5.73 Å². The van der Waals surface area contributed by atoms with Gasteiger partial charge in [0.1, 0.15) is 17.3 Å². The predicted molar refractivity (Wildman–Crippen MR) is 90.5 cm³/mol. The fourth-order valence-electron chi connectivity index (χ4n) is 2.77. The molecule has 114 valence electrons. The molecule has 0 bridgehead atoms. The van der Waals surface area contributed by atoms with E-state index in [-0.39, 0.29) is 5.41 Å². The summed E-state index contributed by atoms with van der Waals surface area (Å²) in [5, 5.41) is 0. The largest absolute Gasteiger partial charge is 0.383 e. The maximum absolute atomic E-state index is 6.43. The van der Waals surface area contributed by atoms with Crippen LogP contribution in [0.4, 0.5) is 5.82 Å². The van der Waals surface area contributed by atoms with Crippen LogP contribution in [0.3, 0.4) is 0 Å². The monoisotopic (exact) mass is 285 g/mol. The summed E-state index contributed by atoms with van der Waals surface area (Å²) < 4.78 is 2.18. The first-order chi connectivity index (χ1) is 9.75. The average molecular weight is 285 g/mol. The number of nitrogens with zero attached hydrogens (tertiary/aromatic N) is 2. The molecule has 0 aliphatic carbocycles. The van der Waals surface area contributed by atoms with Crippen molar-refractivity contribution >= 4 is 5.82 Å². The van der Waals surface area contributed by atoms with Gasteiger partial charge in [0.25, 0.3) is 0 Å². The van der Waals surface area contributed by atoms with Gasteiger partial charge in [0.2, 0.25) is 0 Å². The van der Waals surface area contributed by atoms with Gasteiger partial charge in [-0.05, 0) is 25.8 Å². The third-order valence-corrected chi connectivity index (χ3v) is 3.76. The van der Waals surface area contributed by atoms with Gasteiger partial charge in [0.05, 0.1) is 0 Å². The lowest BCUT2D eigenvalue weighted by Gasteiger charge is -2.19. The van der Waals surface area contributed by atoms with Gasteiger partial charge in [-0.15, -0.1) is 0 Å². The van der Waals surface area contributed by atoms with Crippen molar-refractivity contribution in [3.05, 3.63) is 35.2 Å². The van der Waals surface area contributed by atoms with Gasteiger partial charge >= 0.3 is 0 Å². The second kappa shape index (κ2) is 5.55. The number of nitrogen functional groups attached to an aromatic ring is 1. The third-order valence-electron chi connectivity index (χ3n) is 3.76. The van der Waals surface area contributed by atoms with Crippen molar-refractivity contribution in [2.75, 3.05) is 5.73 Å². The molecule has 0 spiro atoms. The highest BCUT2D eigenvalue weighted by molar-refractivity contribution is 5.74. The molecule has 2 aromatic rings. The minimum Gasteiger partial charge on any atom is -0.383 e. The maximum atomic E-state index is 6.43. The van der Waals surface area contributed by atoms with Crippen molar-refractivity contribution in [2.45, 2.75) is 59.9 Å². The second-order valence-corrected chi connectivity index (χ2v) is 6.89. The Balaban J connectivity index is 2.65. The first-order valence-electron chi connectivity index (χ1n) is 7.69. The molecule has 0 unspecified atom stereocenters. The first-order valence-corrected chi connectivity index (χ1v) is 7.69. The molecule has 1 heterocycles. The zero-order chi connectivity index (χ0) is 15.8. The SMILES string of the molecule is CCCn1c(C(C)(C)C)nc(-c2ccc(C)cc2C)c1N. The molecular formula is C18H27N3. The van der Waals surface area contributed by atoms with Gasteiger partial charge in [0, 0.05) is 17.5 Å². The van der Waals surface area contributed by atoms with E-state index in [0.717, 1.165) is 35.9 Å². The number of hydrogen-bond acceptors (Lipinski definition) is 2. The number of aromatic nitrogens is 2. The lowest BCUT2D eigenvalue weighted by molar-refractivity contribution is 0.498. The van der Waals surface area contributed by atoms with E-state index in [0.29, 0.717) is 0 Å². The van der Waals surface area contributed by atoms with Crippen LogP contribution >= 0.6 is 0 Å². The Morgan fingerprint density at radius 3 is 2.38 bits per heavy atom. The standard InChI is InChI=1S/C18H27N3/c1-7-10-21-16(19)15(20-17(21)18(4,5)6)14-9-8-12(2)11-13(14)3/h8-9,11H,7,10,19H2,1-6H3. The molecule has 2 N–H and O–H groups in total. The molecule has 21 heavy (non-hydrogen) atoms. The number of hydrogen-bond donors (Lipinski definition) is 1. The number of benzene rings is 1. The van der Waals surface area contributed by atoms with Crippen molar-refractivity contribution in [1.82, 2.24) is 9.55 Å². The molecule has 0 atom stereocenters. The van der Waals surface area contributed by atoms with E-state index in [1.54, 1.807) is 0 Å².